The number of hydrogen-bond acceptors (Lipinski definition) is 2. The van der Waals surface area contributed by atoms with E-state index in [9.17, 15) is 0 Å². The highest BCUT2D eigenvalue weighted by atomic mass is 15.1. The monoisotopic (exact) mass is 308 g/mol. The summed E-state index contributed by atoms with van der Waals surface area (Å²) in [5.41, 5.74) is 2.90. The van der Waals surface area contributed by atoms with Crippen molar-refractivity contribution < 1.29 is 0 Å². The van der Waals surface area contributed by atoms with Gasteiger partial charge in [0.05, 0.1) is 11.6 Å². The average Bonchev–Trinajstić information content (AvgIpc) is 2.67. The summed E-state index contributed by atoms with van der Waals surface area (Å²) in [6.07, 6.45) is 0. The van der Waals surface area contributed by atoms with E-state index in [0.717, 1.165) is 11.4 Å². The zero-order valence-electron chi connectivity index (χ0n) is 13.4. The van der Waals surface area contributed by atoms with Crippen LogP contribution in [0.5, 0.6) is 0 Å². The van der Waals surface area contributed by atoms with Crippen LogP contribution in [0, 0.1) is 11.3 Å². The molecule has 0 unspecified atom stereocenters. The third kappa shape index (κ3) is 2.28. The van der Waals surface area contributed by atoms with Crippen LogP contribution in [-0.2, 0) is 0 Å². The van der Waals surface area contributed by atoms with Gasteiger partial charge in [-0.15, -0.1) is 0 Å². The molecule has 0 fully saturated rings. The Bertz CT molecular complexity index is 1070. The van der Waals surface area contributed by atoms with Crippen molar-refractivity contribution in [1.29, 1.82) is 5.26 Å². The van der Waals surface area contributed by atoms with Gasteiger partial charge in [-0.2, -0.15) is 5.26 Å². The fourth-order valence-electron chi connectivity index (χ4n) is 3.21. The highest BCUT2D eigenvalue weighted by Gasteiger charge is 2.11. The molecule has 0 radical (unpaired) electrons. The third-order valence-corrected chi connectivity index (χ3v) is 4.49. The van der Waals surface area contributed by atoms with Gasteiger partial charge in [0, 0.05) is 23.8 Å². The van der Waals surface area contributed by atoms with Gasteiger partial charge in [-0.05, 0) is 46.5 Å². The molecule has 4 rings (SSSR count). The maximum absolute atomic E-state index is 8.98. The summed E-state index contributed by atoms with van der Waals surface area (Å²) in [6.45, 7) is 0. The zero-order chi connectivity index (χ0) is 16.5. The van der Waals surface area contributed by atoms with Crippen LogP contribution in [0.4, 0.5) is 11.4 Å². The quantitative estimate of drug-likeness (QED) is 0.448. The molecule has 114 valence electrons. The first-order valence-electron chi connectivity index (χ1n) is 7.92. The fourth-order valence-corrected chi connectivity index (χ4v) is 3.21. The van der Waals surface area contributed by atoms with Gasteiger partial charge in [0.15, 0.2) is 0 Å². The average molecular weight is 308 g/mol. The minimum atomic E-state index is 0.676. The van der Waals surface area contributed by atoms with Crippen molar-refractivity contribution in [1.82, 2.24) is 0 Å². The van der Waals surface area contributed by atoms with E-state index in [1.165, 1.54) is 21.5 Å². The van der Waals surface area contributed by atoms with Crippen LogP contribution >= 0.6 is 0 Å². The predicted octanol–water partition coefficient (Wildman–Crippen LogP) is 5.63. The molecule has 0 aromatic heterocycles. The highest BCUT2D eigenvalue weighted by molar-refractivity contribution is 6.13. The topological polar surface area (TPSA) is 27.0 Å². The van der Waals surface area contributed by atoms with Crippen molar-refractivity contribution in [2.24, 2.45) is 0 Å². The maximum Gasteiger partial charge on any atom is 0.0991 e. The summed E-state index contributed by atoms with van der Waals surface area (Å²) in [6, 6.07) is 29.1. The largest absolute Gasteiger partial charge is 0.344 e. The lowest BCUT2D eigenvalue weighted by molar-refractivity contribution is 1.22. The summed E-state index contributed by atoms with van der Waals surface area (Å²) >= 11 is 0. The van der Waals surface area contributed by atoms with E-state index in [4.69, 9.17) is 5.26 Å². The minimum Gasteiger partial charge on any atom is -0.344 e. The first-order valence-corrected chi connectivity index (χ1v) is 7.92. The second kappa shape index (κ2) is 5.72. The molecule has 0 atom stereocenters. The smallest absolute Gasteiger partial charge is 0.0991 e. The number of rotatable bonds is 2. The lowest BCUT2D eigenvalue weighted by Crippen LogP contribution is -2.10. The molecular formula is C22H16N2. The van der Waals surface area contributed by atoms with Gasteiger partial charge >= 0.3 is 0 Å². The Hall–Kier alpha value is -3.31. The molecule has 0 saturated heterocycles. The number of fused-ring (bicyclic) bond motifs is 3. The number of hydrogen-bond donors (Lipinski definition) is 0. The van der Waals surface area contributed by atoms with Crippen LogP contribution in [-0.4, -0.2) is 7.05 Å². The van der Waals surface area contributed by atoms with Crippen molar-refractivity contribution in [3.8, 4) is 6.07 Å². The van der Waals surface area contributed by atoms with E-state index in [-0.39, 0.29) is 0 Å². The fraction of sp³-hybridized carbons (Fsp3) is 0.0455. The van der Waals surface area contributed by atoms with Crippen molar-refractivity contribution in [2.45, 2.75) is 0 Å². The number of nitrogens with zero attached hydrogens (tertiary/aromatic N) is 2. The van der Waals surface area contributed by atoms with Crippen LogP contribution in [0.1, 0.15) is 5.56 Å². The predicted molar refractivity (Wildman–Crippen MR) is 101 cm³/mol. The lowest BCUT2D eigenvalue weighted by atomic mass is 9.99. The Morgan fingerprint density at radius 1 is 0.750 bits per heavy atom. The molecular weight excluding hydrogens is 292 g/mol. The van der Waals surface area contributed by atoms with Crippen molar-refractivity contribution >= 4 is 32.9 Å². The minimum absolute atomic E-state index is 0.676. The van der Waals surface area contributed by atoms with Crippen LogP contribution in [0.15, 0.2) is 78.9 Å². The van der Waals surface area contributed by atoms with Gasteiger partial charge < -0.3 is 4.90 Å². The molecule has 0 saturated carbocycles. The van der Waals surface area contributed by atoms with E-state index >= 15 is 0 Å². The van der Waals surface area contributed by atoms with E-state index in [2.05, 4.69) is 72.6 Å². The van der Waals surface area contributed by atoms with Crippen molar-refractivity contribution in [3.05, 3.63) is 84.4 Å². The molecule has 0 N–H and O–H groups in total. The maximum atomic E-state index is 8.98. The molecule has 0 bridgehead atoms. The molecule has 2 heteroatoms. The first kappa shape index (κ1) is 14.3. The first-order chi connectivity index (χ1) is 11.8. The molecule has 0 amide bonds. The summed E-state index contributed by atoms with van der Waals surface area (Å²) in [4.78, 5) is 2.18. The van der Waals surface area contributed by atoms with Crippen molar-refractivity contribution in [2.75, 3.05) is 11.9 Å². The Balaban J connectivity index is 1.95. The van der Waals surface area contributed by atoms with Gasteiger partial charge in [-0.3, -0.25) is 0 Å². The molecule has 0 aliphatic carbocycles. The molecule has 0 aliphatic heterocycles. The Morgan fingerprint density at radius 2 is 1.38 bits per heavy atom. The number of nitriles is 1. The lowest BCUT2D eigenvalue weighted by Gasteiger charge is -2.22. The number of benzene rings is 4. The summed E-state index contributed by atoms with van der Waals surface area (Å²) in [5.74, 6) is 0. The van der Waals surface area contributed by atoms with Crippen LogP contribution in [0.2, 0.25) is 0 Å². The molecule has 0 aliphatic rings. The van der Waals surface area contributed by atoms with E-state index in [1.807, 2.05) is 24.3 Å². The van der Waals surface area contributed by atoms with Gasteiger partial charge in [-0.1, -0.05) is 48.5 Å². The Kier molecular flexibility index (Phi) is 3.40. The van der Waals surface area contributed by atoms with Crippen molar-refractivity contribution in [3.63, 3.8) is 0 Å². The zero-order valence-corrected chi connectivity index (χ0v) is 13.4. The molecule has 0 heterocycles. The normalized spacial score (nSPS) is 10.7. The summed E-state index contributed by atoms with van der Waals surface area (Å²) in [7, 11) is 2.07. The molecule has 0 spiro atoms. The SMILES string of the molecule is CN(c1ccc(C#N)cc1)c1cc2ccccc2c2ccccc12. The van der Waals surface area contributed by atoms with E-state index in [1.54, 1.807) is 0 Å². The Morgan fingerprint density at radius 3 is 2.08 bits per heavy atom. The summed E-state index contributed by atoms with van der Waals surface area (Å²) in [5, 5.41) is 14.0. The molecule has 4 aromatic carbocycles. The second-order valence-electron chi connectivity index (χ2n) is 5.88. The highest BCUT2D eigenvalue weighted by Crippen LogP contribution is 2.36. The van der Waals surface area contributed by atoms with Crippen LogP contribution in [0.3, 0.4) is 0 Å². The van der Waals surface area contributed by atoms with Gasteiger partial charge in [0.25, 0.3) is 0 Å². The van der Waals surface area contributed by atoms with Gasteiger partial charge in [0.2, 0.25) is 0 Å². The summed E-state index contributed by atoms with van der Waals surface area (Å²) < 4.78 is 0. The number of anilines is 2. The Labute approximate surface area is 141 Å². The standard InChI is InChI=1S/C22H16N2/c1-24(18-12-10-16(15-23)11-13-18)22-14-17-6-2-3-7-19(17)20-8-4-5-9-21(20)22/h2-14H,1H3. The van der Waals surface area contributed by atoms with E-state index < -0.39 is 0 Å². The van der Waals surface area contributed by atoms with Crippen LogP contribution in [0.25, 0.3) is 21.5 Å². The van der Waals surface area contributed by atoms with Crippen LogP contribution < -0.4 is 4.90 Å². The second-order valence-corrected chi connectivity index (χ2v) is 5.88. The molecule has 4 aromatic rings. The molecule has 24 heavy (non-hydrogen) atoms. The third-order valence-electron chi connectivity index (χ3n) is 4.49. The van der Waals surface area contributed by atoms with E-state index in [0.29, 0.717) is 5.56 Å². The molecule has 2 nitrogen and oxygen atoms in total. The van der Waals surface area contributed by atoms with Gasteiger partial charge in [0.1, 0.15) is 0 Å². The van der Waals surface area contributed by atoms with Gasteiger partial charge in [-0.25, -0.2) is 0 Å².